The highest BCUT2D eigenvalue weighted by molar-refractivity contribution is 7.80. The molecule has 4 heteroatoms. The van der Waals surface area contributed by atoms with Crippen LogP contribution < -0.4 is 5.73 Å². The highest BCUT2D eigenvalue weighted by Crippen LogP contribution is 2.03. The average Bonchev–Trinajstić information content (AvgIpc) is 2.49. The summed E-state index contributed by atoms with van der Waals surface area (Å²) in [6, 6.07) is 3.75. The highest BCUT2D eigenvalue weighted by atomic mass is 32.1. The van der Waals surface area contributed by atoms with Gasteiger partial charge in [0.15, 0.2) is 0 Å². The number of aromatic nitrogens is 2. The molecule has 0 aliphatic carbocycles. The first kappa shape index (κ1) is 7.24. The lowest BCUT2D eigenvalue weighted by molar-refractivity contribution is 1.18. The Hall–Kier alpha value is -1.42. The van der Waals surface area contributed by atoms with Gasteiger partial charge in [-0.25, -0.2) is 4.98 Å². The van der Waals surface area contributed by atoms with Crippen molar-refractivity contribution < 1.29 is 0 Å². The van der Waals surface area contributed by atoms with Gasteiger partial charge < -0.3 is 10.1 Å². The van der Waals surface area contributed by atoms with Crippen molar-refractivity contribution in [1.82, 2.24) is 9.38 Å². The minimum Gasteiger partial charge on any atom is -0.389 e. The summed E-state index contributed by atoms with van der Waals surface area (Å²) in [5, 5.41) is 0. The summed E-state index contributed by atoms with van der Waals surface area (Å²) < 4.78 is 1.88. The van der Waals surface area contributed by atoms with E-state index in [-0.39, 0.29) is 0 Å². The van der Waals surface area contributed by atoms with E-state index in [9.17, 15) is 0 Å². The van der Waals surface area contributed by atoms with E-state index in [0.29, 0.717) is 4.99 Å². The SMILES string of the molecule is NC(=S)c1ccc2nccn2c1. The van der Waals surface area contributed by atoms with Crippen LogP contribution in [0.25, 0.3) is 5.65 Å². The fourth-order valence-corrected chi connectivity index (χ4v) is 1.19. The standard InChI is InChI=1S/C8H7N3S/c9-8(12)6-1-2-7-10-3-4-11(7)5-6/h1-5H,(H2,9,12). The largest absolute Gasteiger partial charge is 0.389 e. The van der Waals surface area contributed by atoms with Crippen LogP contribution in [0.15, 0.2) is 30.7 Å². The molecular weight excluding hydrogens is 170 g/mol. The smallest absolute Gasteiger partial charge is 0.136 e. The van der Waals surface area contributed by atoms with Gasteiger partial charge in [-0.15, -0.1) is 0 Å². The van der Waals surface area contributed by atoms with Gasteiger partial charge in [-0.05, 0) is 12.1 Å². The molecule has 2 aromatic rings. The molecule has 2 rings (SSSR count). The summed E-state index contributed by atoms with van der Waals surface area (Å²) in [5.41, 5.74) is 7.23. The second-order valence-electron chi connectivity index (χ2n) is 2.47. The lowest BCUT2D eigenvalue weighted by Crippen LogP contribution is -2.09. The Labute approximate surface area is 74.8 Å². The van der Waals surface area contributed by atoms with Gasteiger partial charge in [0.1, 0.15) is 10.6 Å². The average molecular weight is 177 g/mol. The predicted octanol–water partition coefficient (Wildman–Crippen LogP) is 0.969. The Morgan fingerprint density at radius 1 is 1.50 bits per heavy atom. The van der Waals surface area contributed by atoms with Crippen LogP contribution in [-0.2, 0) is 0 Å². The van der Waals surface area contributed by atoms with Crippen LogP contribution in [0.5, 0.6) is 0 Å². The van der Waals surface area contributed by atoms with Crippen LogP contribution >= 0.6 is 12.2 Å². The van der Waals surface area contributed by atoms with Gasteiger partial charge in [-0.1, -0.05) is 12.2 Å². The first-order valence-corrected chi connectivity index (χ1v) is 3.91. The fourth-order valence-electron chi connectivity index (χ4n) is 1.07. The molecule has 0 aliphatic rings. The summed E-state index contributed by atoms with van der Waals surface area (Å²) in [6.07, 6.45) is 5.46. The van der Waals surface area contributed by atoms with Crippen LogP contribution in [-0.4, -0.2) is 14.4 Å². The zero-order valence-electron chi connectivity index (χ0n) is 6.27. The lowest BCUT2D eigenvalue weighted by atomic mass is 10.3. The Kier molecular flexibility index (Phi) is 1.55. The van der Waals surface area contributed by atoms with Crippen molar-refractivity contribution >= 4 is 22.9 Å². The summed E-state index contributed by atoms with van der Waals surface area (Å²) in [6.45, 7) is 0. The first-order chi connectivity index (χ1) is 5.77. The van der Waals surface area contributed by atoms with E-state index in [0.717, 1.165) is 11.2 Å². The zero-order valence-corrected chi connectivity index (χ0v) is 7.08. The maximum Gasteiger partial charge on any atom is 0.136 e. The van der Waals surface area contributed by atoms with E-state index in [4.69, 9.17) is 18.0 Å². The van der Waals surface area contributed by atoms with Crippen molar-refractivity contribution in [3.8, 4) is 0 Å². The molecule has 2 heterocycles. The minimum atomic E-state index is 0.408. The molecule has 0 saturated carbocycles. The van der Waals surface area contributed by atoms with E-state index in [1.165, 1.54) is 0 Å². The quantitative estimate of drug-likeness (QED) is 0.660. The van der Waals surface area contributed by atoms with Gasteiger partial charge in [0, 0.05) is 24.2 Å². The molecule has 0 aromatic carbocycles. The first-order valence-electron chi connectivity index (χ1n) is 3.50. The van der Waals surface area contributed by atoms with E-state index >= 15 is 0 Å². The van der Waals surface area contributed by atoms with Gasteiger partial charge in [-0.3, -0.25) is 0 Å². The highest BCUT2D eigenvalue weighted by Gasteiger charge is 1.97. The second kappa shape index (κ2) is 2.57. The second-order valence-corrected chi connectivity index (χ2v) is 2.91. The lowest BCUT2D eigenvalue weighted by Gasteiger charge is -1.98. The van der Waals surface area contributed by atoms with Gasteiger partial charge >= 0.3 is 0 Å². The summed E-state index contributed by atoms with van der Waals surface area (Å²) >= 11 is 4.84. The third kappa shape index (κ3) is 1.06. The van der Waals surface area contributed by atoms with Gasteiger partial charge in [0.25, 0.3) is 0 Å². The summed E-state index contributed by atoms with van der Waals surface area (Å²) in [7, 11) is 0. The number of hydrogen-bond acceptors (Lipinski definition) is 2. The molecule has 0 bridgehead atoms. The molecule has 0 fully saturated rings. The van der Waals surface area contributed by atoms with Crippen molar-refractivity contribution in [2.75, 3.05) is 0 Å². The van der Waals surface area contributed by atoms with E-state index in [1.807, 2.05) is 28.9 Å². The maximum absolute atomic E-state index is 5.47. The summed E-state index contributed by atoms with van der Waals surface area (Å²) in [4.78, 5) is 4.51. The topological polar surface area (TPSA) is 43.3 Å². The van der Waals surface area contributed by atoms with Crippen LogP contribution in [0.4, 0.5) is 0 Å². The Morgan fingerprint density at radius 3 is 3.08 bits per heavy atom. The molecule has 0 atom stereocenters. The fraction of sp³-hybridized carbons (Fsp3) is 0. The molecule has 60 valence electrons. The number of hydrogen-bond donors (Lipinski definition) is 1. The third-order valence-corrected chi connectivity index (χ3v) is 1.91. The number of imidazole rings is 1. The zero-order chi connectivity index (χ0) is 8.55. The molecule has 0 unspecified atom stereocenters. The van der Waals surface area contributed by atoms with Crippen molar-refractivity contribution in [3.63, 3.8) is 0 Å². The predicted molar refractivity (Wildman–Crippen MR) is 51.1 cm³/mol. The van der Waals surface area contributed by atoms with E-state index in [2.05, 4.69) is 4.98 Å². The molecule has 0 aliphatic heterocycles. The van der Waals surface area contributed by atoms with Crippen molar-refractivity contribution in [3.05, 3.63) is 36.3 Å². The monoisotopic (exact) mass is 177 g/mol. The molecule has 0 amide bonds. The Balaban J connectivity index is 2.68. The number of fused-ring (bicyclic) bond motifs is 1. The molecular formula is C8H7N3S. The molecule has 12 heavy (non-hydrogen) atoms. The minimum absolute atomic E-state index is 0.408. The van der Waals surface area contributed by atoms with Crippen LogP contribution in [0.1, 0.15) is 5.56 Å². The Morgan fingerprint density at radius 2 is 2.33 bits per heavy atom. The number of pyridine rings is 1. The third-order valence-electron chi connectivity index (χ3n) is 1.67. The van der Waals surface area contributed by atoms with Gasteiger partial charge in [-0.2, -0.15) is 0 Å². The van der Waals surface area contributed by atoms with Crippen molar-refractivity contribution in [1.29, 1.82) is 0 Å². The van der Waals surface area contributed by atoms with E-state index in [1.54, 1.807) is 6.20 Å². The van der Waals surface area contributed by atoms with Crippen LogP contribution in [0.2, 0.25) is 0 Å². The molecule has 3 nitrogen and oxygen atoms in total. The van der Waals surface area contributed by atoms with Crippen molar-refractivity contribution in [2.45, 2.75) is 0 Å². The van der Waals surface area contributed by atoms with E-state index < -0.39 is 0 Å². The number of nitrogens with zero attached hydrogens (tertiary/aromatic N) is 2. The summed E-state index contributed by atoms with van der Waals surface area (Å²) in [5.74, 6) is 0. The molecule has 2 aromatic heterocycles. The number of rotatable bonds is 1. The van der Waals surface area contributed by atoms with Gasteiger partial charge in [0.05, 0.1) is 0 Å². The number of nitrogens with two attached hydrogens (primary N) is 1. The maximum atomic E-state index is 5.47. The van der Waals surface area contributed by atoms with Gasteiger partial charge in [0.2, 0.25) is 0 Å². The number of thiocarbonyl (C=S) groups is 1. The molecule has 0 spiro atoms. The molecule has 0 saturated heterocycles. The molecule has 0 radical (unpaired) electrons. The van der Waals surface area contributed by atoms with Crippen LogP contribution in [0.3, 0.4) is 0 Å². The normalized spacial score (nSPS) is 10.3. The van der Waals surface area contributed by atoms with Crippen molar-refractivity contribution in [2.24, 2.45) is 5.73 Å². The Bertz CT molecular complexity index is 433. The molecule has 2 N–H and O–H groups in total. The van der Waals surface area contributed by atoms with Crippen LogP contribution in [0, 0.1) is 0 Å².